The van der Waals surface area contributed by atoms with E-state index in [0.29, 0.717) is 19.1 Å². The van der Waals surface area contributed by atoms with E-state index in [1.54, 1.807) is 7.11 Å². The summed E-state index contributed by atoms with van der Waals surface area (Å²) < 4.78 is 5.08. The predicted octanol–water partition coefficient (Wildman–Crippen LogP) is 2.05. The summed E-state index contributed by atoms with van der Waals surface area (Å²) in [7, 11) is 1.67. The molecule has 130 valence electrons. The summed E-state index contributed by atoms with van der Waals surface area (Å²) in [6.45, 7) is 7.32. The summed E-state index contributed by atoms with van der Waals surface area (Å²) in [5.41, 5.74) is 8.09. The highest BCUT2D eigenvalue weighted by atomic mass is 127. The lowest BCUT2D eigenvalue weighted by Crippen LogP contribution is -2.40. The molecule has 1 aromatic heterocycles. The molecule has 1 aromatic rings. The molecule has 1 aliphatic heterocycles. The van der Waals surface area contributed by atoms with E-state index in [9.17, 15) is 0 Å². The summed E-state index contributed by atoms with van der Waals surface area (Å²) in [6, 6.07) is 4.27. The van der Waals surface area contributed by atoms with Crippen molar-refractivity contribution in [3.8, 4) is 0 Å². The molecule has 6 nitrogen and oxygen atoms in total. The molecule has 2 rings (SSSR count). The fourth-order valence-electron chi connectivity index (χ4n) is 2.66. The third-order valence-electron chi connectivity index (χ3n) is 3.73. The Morgan fingerprint density at radius 2 is 2.13 bits per heavy atom. The van der Waals surface area contributed by atoms with E-state index in [0.717, 1.165) is 30.2 Å². The van der Waals surface area contributed by atoms with E-state index in [1.807, 2.05) is 19.9 Å². The maximum absolute atomic E-state index is 5.94. The zero-order valence-corrected chi connectivity index (χ0v) is 16.5. The van der Waals surface area contributed by atoms with Gasteiger partial charge in [-0.25, -0.2) is 9.98 Å². The van der Waals surface area contributed by atoms with Gasteiger partial charge in [-0.2, -0.15) is 0 Å². The van der Waals surface area contributed by atoms with Crippen LogP contribution in [0.4, 0.5) is 5.82 Å². The molecule has 0 saturated carbocycles. The Balaban J connectivity index is 0.00000264. The van der Waals surface area contributed by atoms with Gasteiger partial charge in [0.15, 0.2) is 5.96 Å². The molecular formula is C16H28IN5O. The van der Waals surface area contributed by atoms with Crippen molar-refractivity contribution in [2.45, 2.75) is 39.3 Å². The van der Waals surface area contributed by atoms with Gasteiger partial charge >= 0.3 is 0 Å². The van der Waals surface area contributed by atoms with Gasteiger partial charge in [-0.1, -0.05) is 6.07 Å². The van der Waals surface area contributed by atoms with Gasteiger partial charge in [0.1, 0.15) is 5.82 Å². The molecule has 0 radical (unpaired) electrons. The highest BCUT2D eigenvalue weighted by Crippen LogP contribution is 2.23. The summed E-state index contributed by atoms with van der Waals surface area (Å²) in [6.07, 6.45) is 2.47. The quantitative estimate of drug-likeness (QED) is 0.408. The predicted molar refractivity (Wildman–Crippen MR) is 106 cm³/mol. The number of halogens is 1. The zero-order chi connectivity index (χ0) is 15.9. The summed E-state index contributed by atoms with van der Waals surface area (Å²) in [5, 5.41) is 3.12. The maximum atomic E-state index is 5.94. The Morgan fingerprint density at radius 1 is 1.43 bits per heavy atom. The first-order chi connectivity index (χ1) is 10.6. The number of methoxy groups -OCH3 is 1. The number of nitrogens with two attached hydrogens (primary N) is 1. The molecule has 1 atom stereocenters. The van der Waals surface area contributed by atoms with Gasteiger partial charge in [-0.15, -0.1) is 24.0 Å². The highest BCUT2D eigenvalue weighted by Gasteiger charge is 2.17. The van der Waals surface area contributed by atoms with Crippen molar-refractivity contribution in [3.63, 3.8) is 0 Å². The largest absolute Gasteiger partial charge is 0.383 e. The molecule has 3 N–H and O–H groups in total. The standard InChI is InChI=1S/C16H27N5O.HI/c1-12-6-7-14(15(19-12)21-8-4-5-9-21)10-18-16(17)20-13(2)11-22-3;/h6-7,13H,4-5,8-11H2,1-3H3,(H3,17,18,20);1H. The SMILES string of the molecule is COCC(C)NC(N)=NCc1ccc(C)nc1N1CCCC1.I. The average Bonchev–Trinajstić information content (AvgIpc) is 3.00. The number of anilines is 1. The van der Waals surface area contributed by atoms with Crippen LogP contribution in [0.25, 0.3) is 0 Å². The Hall–Kier alpha value is -1.09. The van der Waals surface area contributed by atoms with Crippen molar-refractivity contribution >= 4 is 35.8 Å². The van der Waals surface area contributed by atoms with Crippen LogP contribution in [-0.2, 0) is 11.3 Å². The van der Waals surface area contributed by atoms with Crippen LogP contribution in [0.5, 0.6) is 0 Å². The fourth-order valence-corrected chi connectivity index (χ4v) is 2.66. The van der Waals surface area contributed by atoms with Crippen molar-refractivity contribution in [3.05, 3.63) is 23.4 Å². The van der Waals surface area contributed by atoms with Crippen LogP contribution in [0.1, 0.15) is 31.0 Å². The maximum Gasteiger partial charge on any atom is 0.189 e. The number of nitrogens with one attached hydrogen (secondary N) is 1. The first-order valence-corrected chi connectivity index (χ1v) is 7.87. The number of nitrogens with zero attached hydrogens (tertiary/aromatic N) is 3. The molecule has 1 saturated heterocycles. The molecule has 1 aliphatic rings. The topological polar surface area (TPSA) is 75.8 Å². The molecule has 23 heavy (non-hydrogen) atoms. The number of guanidine groups is 1. The fraction of sp³-hybridized carbons (Fsp3) is 0.625. The number of aromatic nitrogens is 1. The van der Waals surface area contributed by atoms with E-state index < -0.39 is 0 Å². The monoisotopic (exact) mass is 433 g/mol. The average molecular weight is 433 g/mol. The smallest absolute Gasteiger partial charge is 0.189 e. The van der Waals surface area contributed by atoms with E-state index in [1.165, 1.54) is 12.8 Å². The molecular weight excluding hydrogens is 405 g/mol. The van der Waals surface area contributed by atoms with Crippen molar-refractivity contribution in [1.29, 1.82) is 0 Å². The normalized spacial score (nSPS) is 16.1. The van der Waals surface area contributed by atoms with Crippen molar-refractivity contribution < 1.29 is 4.74 Å². The van der Waals surface area contributed by atoms with Gasteiger partial charge in [0.25, 0.3) is 0 Å². The van der Waals surface area contributed by atoms with Crippen molar-refractivity contribution in [2.75, 3.05) is 31.7 Å². The van der Waals surface area contributed by atoms with Gasteiger partial charge in [0.05, 0.1) is 13.2 Å². The minimum Gasteiger partial charge on any atom is -0.383 e. The number of ether oxygens (including phenoxy) is 1. The van der Waals surface area contributed by atoms with Crippen LogP contribution < -0.4 is 16.0 Å². The third-order valence-corrected chi connectivity index (χ3v) is 3.73. The van der Waals surface area contributed by atoms with Crippen LogP contribution in [0.2, 0.25) is 0 Å². The van der Waals surface area contributed by atoms with Gasteiger partial charge in [-0.3, -0.25) is 0 Å². The number of aliphatic imine (C=N–C) groups is 1. The van der Waals surface area contributed by atoms with Crippen molar-refractivity contribution in [1.82, 2.24) is 10.3 Å². The molecule has 2 heterocycles. The molecule has 0 aliphatic carbocycles. The third kappa shape index (κ3) is 6.14. The first kappa shape index (κ1) is 20.0. The van der Waals surface area contributed by atoms with Gasteiger partial charge < -0.3 is 20.7 Å². The van der Waals surface area contributed by atoms with Crippen LogP contribution in [0.15, 0.2) is 17.1 Å². The molecule has 0 aromatic carbocycles. The van der Waals surface area contributed by atoms with E-state index in [-0.39, 0.29) is 30.0 Å². The summed E-state index contributed by atoms with van der Waals surface area (Å²) in [4.78, 5) is 11.5. The number of aryl methyl sites for hydroxylation is 1. The lowest BCUT2D eigenvalue weighted by Gasteiger charge is -2.20. The van der Waals surface area contributed by atoms with Crippen LogP contribution in [0.3, 0.4) is 0 Å². The number of hydrogen-bond acceptors (Lipinski definition) is 4. The number of rotatable bonds is 6. The Morgan fingerprint density at radius 3 is 2.78 bits per heavy atom. The highest BCUT2D eigenvalue weighted by molar-refractivity contribution is 14.0. The second-order valence-corrected chi connectivity index (χ2v) is 5.83. The Kier molecular flexibility index (Phi) is 8.60. The minimum absolute atomic E-state index is 0. The first-order valence-electron chi connectivity index (χ1n) is 7.87. The molecule has 1 unspecified atom stereocenters. The van der Waals surface area contributed by atoms with Crippen molar-refractivity contribution in [2.24, 2.45) is 10.7 Å². The number of pyridine rings is 1. The molecule has 0 spiro atoms. The Labute approximate surface area is 155 Å². The minimum atomic E-state index is 0. The van der Waals surface area contributed by atoms with Crippen LogP contribution in [0, 0.1) is 6.92 Å². The lowest BCUT2D eigenvalue weighted by molar-refractivity contribution is 0.179. The van der Waals surface area contributed by atoms with E-state index >= 15 is 0 Å². The molecule has 0 amide bonds. The van der Waals surface area contributed by atoms with Gasteiger partial charge in [-0.05, 0) is 32.8 Å². The van der Waals surface area contributed by atoms with Crippen LogP contribution in [-0.4, -0.2) is 43.8 Å². The van der Waals surface area contributed by atoms with E-state index in [4.69, 9.17) is 15.5 Å². The summed E-state index contributed by atoms with van der Waals surface area (Å²) >= 11 is 0. The lowest BCUT2D eigenvalue weighted by atomic mass is 10.2. The molecule has 7 heteroatoms. The zero-order valence-electron chi connectivity index (χ0n) is 14.2. The summed E-state index contributed by atoms with van der Waals surface area (Å²) in [5.74, 6) is 1.50. The second-order valence-electron chi connectivity index (χ2n) is 5.83. The number of hydrogen-bond donors (Lipinski definition) is 2. The second kappa shape index (κ2) is 9.92. The van der Waals surface area contributed by atoms with Gasteiger partial charge in [0, 0.05) is 37.5 Å². The van der Waals surface area contributed by atoms with Crippen LogP contribution >= 0.6 is 24.0 Å². The van der Waals surface area contributed by atoms with Gasteiger partial charge in [0.2, 0.25) is 0 Å². The molecule has 0 bridgehead atoms. The molecule has 1 fully saturated rings. The Bertz CT molecular complexity index is 517. The van der Waals surface area contributed by atoms with E-state index in [2.05, 4.69) is 21.3 Å².